The molecular formula is C19H28N2. The van der Waals surface area contributed by atoms with Crippen molar-refractivity contribution in [2.75, 3.05) is 0 Å². The summed E-state index contributed by atoms with van der Waals surface area (Å²) >= 11 is 0. The molecular weight excluding hydrogens is 256 g/mol. The first-order valence-corrected chi connectivity index (χ1v) is 8.27. The molecule has 1 heterocycles. The van der Waals surface area contributed by atoms with E-state index in [2.05, 4.69) is 59.6 Å². The van der Waals surface area contributed by atoms with Gasteiger partial charge in [-0.15, -0.1) is 6.58 Å². The normalized spacial score (nSPS) is 20.8. The van der Waals surface area contributed by atoms with Gasteiger partial charge in [0.2, 0.25) is 0 Å². The Labute approximate surface area is 129 Å². The second-order valence-corrected chi connectivity index (χ2v) is 6.06. The second kappa shape index (κ2) is 8.02. The Morgan fingerprint density at radius 2 is 2.14 bits per heavy atom. The van der Waals surface area contributed by atoms with Gasteiger partial charge in [-0.05, 0) is 12.8 Å². The van der Waals surface area contributed by atoms with Crippen molar-refractivity contribution >= 4 is 0 Å². The molecule has 0 fully saturated rings. The summed E-state index contributed by atoms with van der Waals surface area (Å²) in [4.78, 5) is 4.58. The molecule has 0 radical (unpaired) electrons. The second-order valence-electron chi connectivity index (χ2n) is 6.06. The minimum Gasteiger partial charge on any atom is -0.335 e. The molecule has 0 saturated carbocycles. The first kappa shape index (κ1) is 15.8. The third-order valence-corrected chi connectivity index (χ3v) is 4.37. The van der Waals surface area contributed by atoms with Crippen molar-refractivity contribution in [2.24, 2.45) is 5.41 Å². The highest BCUT2D eigenvalue weighted by Crippen LogP contribution is 2.32. The lowest BCUT2D eigenvalue weighted by atomic mass is 9.78. The molecule has 0 N–H and O–H groups in total. The molecule has 0 aromatic carbocycles. The van der Waals surface area contributed by atoms with Gasteiger partial charge < -0.3 is 4.57 Å². The van der Waals surface area contributed by atoms with E-state index in [0.717, 1.165) is 19.4 Å². The van der Waals surface area contributed by atoms with Crippen LogP contribution >= 0.6 is 0 Å². The molecule has 0 bridgehead atoms. The molecule has 0 amide bonds. The first-order chi connectivity index (χ1) is 10.3. The van der Waals surface area contributed by atoms with Crippen LogP contribution in [0, 0.1) is 5.41 Å². The quantitative estimate of drug-likeness (QED) is 0.456. The van der Waals surface area contributed by atoms with Gasteiger partial charge in [-0.1, -0.05) is 63.0 Å². The fourth-order valence-electron chi connectivity index (χ4n) is 2.93. The molecule has 1 aliphatic rings. The lowest BCUT2D eigenvalue weighted by Crippen LogP contribution is -2.21. The maximum atomic E-state index is 4.58. The number of aryl methyl sites for hydroxylation is 1. The summed E-state index contributed by atoms with van der Waals surface area (Å²) < 4.78 is 2.32. The predicted octanol–water partition coefficient (Wildman–Crippen LogP) is 5.08. The summed E-state index contributed by atoms with van der Waals surface area (Å²) in [6, 6.07) is 0. The topological polar surface area (TPSA) is 17.8 Å². The van der Waals surface area contributed by atoms with E-state index in [9.17, 15) is 0 Å². The largest absolute Gasteiger partial charge is 0.335 e. The zero-order valence-electron chi connectivity index (χ0n) is 13.3. The van der Waals surface area contributed by atoms with E-state index in [0.29, 0.717) is 0 Å². The first-order valence-electron chi connectivity index (χ1n) is 8.27. The van der Waals surface area contributed by atoms with Gasteiger partial charge in [0, 0.05) is 30.8 Å². The maximum absolute atomic E-state index is 4.58. The number of hydrogen-bond acceptors (Lipinski definition) is 1. The van der Waals surface area contributed by atoms with E-state index in [1.54, 1.807) is 0 Å². The molecule has 0 aliphatic heterocycles. The summed E-state index contributed by atoms with van der Waals surface area (Å²) in [6.07, 6.45) is 23.4. The highest BCUT2D eigenvalue weighted by atomic mass is 15.1. The van der Waals surface area contributed by atoms with Gasteiger partial charge in [-0.25, -0.2) is 4.98 Å². The van der Waals surface area contributed by atoms with Crippen molar-refractivity contribution in [3.63, 3.8) is 0 Å². The van der Waals surface area contributed by atoms with Crippen molar-refractivity contribution in [3.8, 4) is 0 Å². The number of nitrogens with zero attached hydrogens (tertiary/aromatic N) is 2. The third kappa shape index (κ3) is 4.45. The molecule has 1 aromatic rings. The van der Waals surface area contributed by atoms with Gasteiger partial charge in [0.05, 0.1) is 0 Å². The molecule has 21 heavy (non-hydrogen) atoms. The van der Waals surface area contributed by atoms with Gasteiger partial charge in [-0.2, -0.15) is 0 Å². The van der Waals surface area contributed by atoms with Crippen LogP contribution < -0.4 is 0 Å². The third-order valence-electron chi connectivity index (χ3n) is 4.37. The van der Waals surface area contributed by atoms with Crippen LogP contribution in [0.25, 0.3) is 0 Å². The van der Waals surface area contributed by atoms with E-state index in [1.807, 2.05) is 6.20 Å². The number of hydrogen-bond donors (Lipinski definition) is 0. The standard InChI is InChI=1S/C19H28N2/c1-3-5-6-7-11-15-21-16-14-20-18(21)17-19(4-2)12-9-8-10-13-19/h4,8-10,12,14,16H,2-3,5-7,11,13,15,17H2,1H3. The molecule has 1 aromatic heterocycles. The van der Waals surface area contributed by atoms with Gasteiger partial charge >= 0.3 is 0 Å². The summed E-state index contributed by atoms with van der Waals surface area (Å²) in [5.74, 6) is 1.19. The average molecular weight is 284 g/mol. The van der Waals surface area contributed by atoms with Crippen molar-refractivity contribution in [2.45, 2.75) is 58.4 Å². The van der Waals surface area contributed by atoms with Gasteiger partial charge in [0.1, 0.15) is 5.82 Å². The summed E-state index contributed by atoms with van der Waals surface area (Å²) in [6.45, 7) is 7.39. The molecule has 2 nitrogen and oxygen atoms in total. The van der Waals surface area contributed by atoms with Crippen molar-refractivity contribution in [3.05, 3.63) is 55.2 Å². The van der Waals surface area contributed by atoms with Crippen LogP contribution in [0.2, 0.25) is 0 Å². The molecule has 0 saturated heterocycles. The van der Waals surface area contributed by atoms with Crippen molar-refractivity contribution < 1.29 is 0 Å². The summed E-state index contributed by atoms with van der Waals surface area (Å²) in [5.41, 5.74) is 0.0417. The Morgan fingerprint density at radius 1 is 1.29 bits per heavy atom. The number of aromatic nitrogens is 2. The van der Waals surface area contributed by atoms with Crippen LogP contribution in [0.3, 0.4) is 0 Å². The number of allylic oxidation sites excluding steroid dienone is 5. The lowest BCUT2D eigenvalue weighted by molar-refractivity contribution is 0.457. The molecule has 114 valence electrons. The average Bonchev–Trinajstić information content (AvgIpc) is 2.95. The molecule has 1 atom stereocenters. The Balaban J connectivity index is 1.92. The molecule has 1 unspecified atom stereocenters. The Kier molecular flexibility index (Phi) is 6.04. The predicted molar refractivity (Wildman–Crippen MR) is 90.2 cm³/mol. The maximum Gasteiger partial charge on any atom is 0.109 e. The Hall–Kier alpha value is -1.57. The molecule has 2 rings (SSSR count). The number of imidazole rings is 1. The van der Waals surface area contributed by atoms with Crippen molar-refractivity contribution in [1.29, 1.82) is 0 Å². The van der Waals surface area contributed by atoms with Crippen molar-refractivity contribution in [1.82, 2.24) is 9.55 Å². The zero-order chi connectivity index (χ0) is 15.0. The van der Waals surface area contributed by atoms with E-state index in [1.165, 1.54) is 37.9 Å². The number of rotatable bonds is 9. The van der Waals surface area contributed by atoms with Gasteiger partial charge in [0.25, 0.3) is 0 Å². The minimum atomic E-state index is 0.0417. The van der Waals surface area contributed by atoms with Crippen LogP contribution in [-0.2, 0) is 13.0 Å². The van der Waals surface area contributed by atoms with Gasteiger partial charge in [0.15, 0.2) is 0 Å². The highest BCUT2D eigenvalue weighted by molar-refractivity contribution is 5.23. The van der Waals surface area contributed by atoms with E-state index >= 15 is 0 Å². The van der Waals surface area contributed by atoms with E-state index < -0.39 is 0 Å². The van der Waals surface area contributed by atoms with Crippen LogP contribution in [0.1, 0.15) is 51.3 Å². The zero-order valence-corrected chi connectivity index (χ0v) is 13.3. The summed E-state index contributed by atoms with van der Waals surface area (Å²) in [7, 11) is 0. The monoisotopic (exact) mass is 284 g/mol. The van der Waals surface area contributed by atoms with Crippen LogP contribution in [0.5, 0.6) is 0 Å². The van der Waals surface area contributed by atoms with E-state index in [4.69, 9.17) is 0 Å². The fraction of sp³-hybridized carbons (Fsp3) is 0.526. The van der Waals surface area contributed by atoms with Crippen LogP contribution in [0.4, 0.5) is 0 Å². The Bertz CT molecular complexity index is 495. The fourth-order valence-corrected chi connectivity index (χ4v) is 2.93. The molecule has 0 spiro atoms. The molecule has 1 aliphatic carbocycles. The molecule has 2 heteroatoms. The Morgan fingerprint density at radius 3 is 2.86 bits per heavy atom. The summed E-state index contributed by atoms with van der Waals surface area (Å²) in [5, 5.41) is 0. The van der Waals surface area contributed by atoms with Gasteiger partial charge in [-0.3, -0.25) is 0 Å². The van der Waals surface area contributed by atoms with E-state index in [-0.39, 0.29) is 5.41 Å². The highest BCUT2D eigenvalue weighted by Gasteiger charge is 2.25. The SMILES string of the molecule is C=CC1(Cc2nccn2CCCCCCC)C=CC=CC1. The lowest BCUT2D eigenvalue weighted by Gasteiger charge is -2.27. The van der Waals surface area contributed by atoms with Crippen LogP contribution in [-0.4, -0.2) is 9.55 Å². The number of unbranched alkanes of at least 4 members (excludes halogenated alkanes) is 4. The van der Waals surface area contributed by atoms with Crippen LogP contribution in [0.15, 0.2) is 49.4 Å². The minimum absolute atomic E-state index is 0.0417. The smallest absolute Gasteiger partial charge is 0.109 e.